The SMILES string of the molecule is CC(C)C(=O)c1ccc(S(=O)(=O)N[C@@H]2CCC[C@H](N3c4ccccc4Oc4ccccc43)[C@H]2O)cc1. The van der Waals surface area contributed by atoms with Gasteiger partial charge in [-0.2, -0.15) is 0 Å². The van der Waals surface area contributed by atoms with Crippen LogP contribution >= 0.6 is 0 Å². The van der Waals surface area contributed by atoms with Crippen LogP contribution in [0.1, 0.15) is 43.5 Å². The van der Waals surface area contributed by atoms with E-state index in [4.69, 9.17) is 4.74 Å². The van der Waals surface area contributed by atoms with Gasteiger partial charge in [-0.1, -0.05) is 50.2 Å². The summed E-state index contributed by atoms with van der Waals surface area (Å²) >= 11 is 0. The van der Waals surface area contributed by atoms with Gasteiger partial charge in [0, 0.05) is 11.5 Å². The van der Waals surface area contributed by atoms with Gasteiger partial charge in [0.15, 0.2) is 17.3 Å². The summed E-state index contributed by atoms with van der Waals surface area (Å²) in [6.07, 6.45) is 1.02. The zero-order chi connectivity index (χ0) is 25.4. The number of ether oxygens (including phenoxy) is 1. The van der Waals surface area contributed by atoms with Crippen LogP contribution in [0.2, 0.25) is 0 Å². The van der Waals surface area contributed by atoms with Gasteiger partial charge in [-0.05, 0) is 55.7 Å². The third-order valence-corrected chi connectivity index (χ3v) is 8.41. The Balaban J connectivity index is 1.41. The second-order valence-corrected chi connectivity index (χ2v) is 11.4. The van der Waals surface area contributed by atoms with Crippen LogP contribution in [0.5, 0.6) is 11.5 Å². The molecule has 1 aliphatic carbocycles. The maximum atomic E-state index is 13.2. The first-order valence-electron chi connectivity index (χ1n) is 12.3. The Morgan fingerprint density at radius 1 is 0.944 bits per heavy atom. The number of carbonyl (C=O) groups excluding carboxylic acids is 1. The fraction of sp³-hybridized carbons (Fsp3) is 0.321. The highest BCUT2D eigenvalue weighted by molar-refractivity contribution is 7.89. The van der Waals surface area contributed by atoms with Gasteiger partial charge in [0.1, 0.15) is 0 Å². The van der Waals surface area contributed by atoms with Crippen LogP contribution < -0.4 is 14.4 Å². The molecule has 0 spiro atoms. The van der Waals surface area contributed by atoms with Gasteiger partial charge >= 0.3 is 0 Å². The van der Waals surface area contributed by atoms with E-state index in [-0.39, 0.29) is 22.6 Å². The minimum Gasteiger partial charge on any atom is -0.453 e. The molecule has 1 fully saturated rings. The van der Waals surface area contributed by atoms with Crippen LogP contribution in [0, 0.1) is 5.92 Å². The highest BCUT2D eigenvalue weighted by atomic mass is 32.2. The zero-order valence-electron chi connectivity index (χ0n) is 20.3. The first kappa shape index (κ1) is 24.5. The van der Waals surface area contributed by atoms with E-state index in [9.17, 15) is 18.3 Å². The minimum absolute atomic E-state index is 0.0384. The molecule has 2 aliphatic rings. The summed E-state index contributed by atoms with van der Waals surface area (Å²) in [5.74, 6) is 1.18. The number of rotatable bonds is 6. The first-order chi connectivity index (χ1) is 17.3. The fourth-order valence-electron chi connectivity index (χ4n) is 5.06. The molecule has 188 valence electrons. The van der Waals surface area contributed by atoms with E-state index >= 15 is 0 Å². The molecule has 0 unspecified atom stereocenters. The average molecular weight is 507 g/mol. The van der Waals surface area contributed by atoms with E-state index in [1.54, 1.807) is 26.0 Å². The summed E-state index contributed by atoms with van der Waals surface area (Å²) in [5, 5.41) is 11.5. The molecule has 1 heterocycles. The molecule has 1 saturated carbocycles. The Kier molecular flexibility index (Phi) is 6.59. The lowest BCUT2D eigenvalue weighted by molar-refractivity contribution is 0.0807. The van der Waals surface area contributed by atoms with Crippen molar-refractivity contribution >= 4 is 27.2 Å². The second-order valence-electron chi connectivity index (χ2n) is 9.67. The van der Waals surface area contributed by atoms with Crippen molar-refractivity contribution in [1.29, 1.82) is 0 Å². The first-order valence-corrected chi connectivity index (χ1v) is 13.7. The molecule has 7 nitrogen and oxygen atoms in total. The number of ketones is 1. The van der Waals surface area contributed by atoms with E-state index in [0.29, 0.717) is 29.9 Å². The van der Waals surface area contributed by atoms with Gasteiger partial charge in [-0.25, -0.2) is 13.1 Å². The van der Waals surface area contributed by atoms with Crippen LogP contribution in [-0.4, -0.2) is 37.5 Å². The maximum Gasteiger partial charge on any atom is 0.240 e. The van der Waals surface area contributed by atoms with Crippen molar-refractivity contribution in [1.82, 2.24) is 4.72 Å². The number of para-hydroxylation sites is 4. The average Bonchev–Trinajstić information content (AvgIpc) is 2.88. The van der Waals surface area contributed by atoms with Crippen LogP contribution in [0.3, 0.4) is 0 Å². The lowest BCUT2D eigenvalue weighted by Crippen LogP contribution is -2.56. The number of carbonyl (C=O) groups is 1. The zero-order valence-corrected chi connectivity index (χ0v) is 21.1. The molecule has 2 N–H and O–H groups in total. The molecule has 5 rings (SSSR count). The Hall–Kier alpha value is -3.20. The quantitative estimate of drug-likeness (QED) is 0.456. The summed E-state index contributed by atoms with van der Waals surface area (Å²) in [5.41, 5.74) is 2.16. The number of benzene rings is 3. The van der Waals surface area contributed by atoms with Gasteiger partial charge in [-0.3, -0.25) is 4.79 Å². The monoisotopic (exact) mass is 506 g/mol. The van der Waals surface area contributed by atoms with Crippen molar-refractivity contribution in [3.8, 4) is 11.5 Å². The predicted molar refractivity (Wildman–Crippen MR) is 138 cm³/mol. The smallest absolute Gasteiger partial charge is 0.240 e. The number of sulfonamides is 1. The molecule has 36 heavy (non-hydrogen) atoms. The standard InChI is InChI=1S/C28H30N2O5S/c1-18(2)27(31)19-14-16-20(17-15-19)36(33,34)29-21-8-7-11-24(28(21)32)30-22-9-3-5-12-25(22)35-26-13-6-4-10-23(26)30/h3-6,9-10,12-18,21,24,28-29,32H,7-8,11H2,1-2H3/t21-,24+,28+/m1/s1. The number of nitrogens with one attached hydrogen (secondary N) is 1. The molecule has 3 aromatic carbocycles. The fourth-order valence-corrected chi connectivity index (χ4v) is 6.34. The van der Waals surface area contributed by atoms with Gasteiger partial charge in [-0.15, -0.1) is 0 Å². The third kappa shape index (κ3) is 4.52. The summed E-state index contributed by atoms with van der Waals surface area (Å²) in [6.45, 7) is 3.61. The van der Waals surface area contributed by atoms with Crippen LogP contribution in [-0.2, 0) is 10.0 Å². The number of aliphatic hydroxyl groups is 1. The summed E-state index contributed by atoms with van der Waals surface area (Å²) in [4.78, 5) is 14.4. The van der Waals surface area contributed by atoms with Gasteiger partial charge in [0.25, 0.3) is 0 Å². The largest absolute Gasteiger partial charge is 0.453 e. The van der Waals surface area contributed by atoms with Crippen molar-refractivity contribution in [2.45, 2.75) is 56.2 Å². The van der Waals surface area contributed by atoms with E-state index < -0.39 is 22.2 Å². The number of nitrogens with zero attached hydrogens (tertiary/aromatic N) is 1. The number of fused-ring (bicyclic) bond motifs is 2. The molecular weight excluding hydrogens is 476 g/mol. The molecule has 3 aromatic rings. The molecule has 1 aliphatic heterocycles. The third-order valence-electron chi connectivity index (χ3n) is 6.90. The van der Waals surface area contributed by atoms with E-state index in [1.807, 2.05) is 48.5 Å². The van der Waals surface area contributed by atoms with Gasteiger partial charge in [0.2, 0.25) is 10.0 Å². The molecule has 0 bridgehead atoms. The molecule has 3 atom stereocenters. The summed E-state index contributed by atoms with van der Waals surface area (Å²) < 4.78 is 35.2. The predicted octanol–water partition coefficient (Wildman–Crippen LogP) is 5.03. The summed E-state index contributed by atoms with van der Waals surface area (Å²) in [6, 6.07) is 20.3. The molecular formula is C28H30N2O5S. The van der Waals surface area contributed by atoms with Crippen molar-refractivity contribution in [3.63, 3.8) is 0 Å². The molecule has 0 amide bonds. The normalized spacial score (nSPS) is 21.4. The molecule has 0 saturated heterocycles. The van der Waals surface area contributed by atoms with Crippen molar-refractivity contribution in [2.75, 3.05) is 4.90 Å². The highest BCUT2D eigenvalue weighted by Gasteiger charge is 2.41. The van der Waals surface area contributed by atoms with Crippen molar-refractivity contribution in [3.05, 3.63) is 78.4 Å². The lowest BCUT2D eigenvalue weighted by atomic mass is 9.86. The number of Topliss-reactive ketones (excluding diaryl/α,β-unsaturated/α-hetero) is 1. The maximum absolute atomic E-state index is 13.2. The second kappa shape index (κ2) is 9.69. The Bertz CT molecular complexity index is 1330. The summed E-state index contributed by atoms with van der Waals surface area (Å²) in [7, 11) is -3.90. The number of aliphatic hydroxyl groups excluding tert-OH is 1. The lowest BCUT2D eigenvalue weighted by Gasteiger charge is -2.44. The van der Waals surface area contributed by atoms with Crippen molar-refractivity contribution in [2.24, 2.45) is 5.92 Å². The van der Waals surface area contributed by atoms with Gasteiger partial charge in [0.05, 0.1) is 34.5 Å². The molecule has 0 radical (unpaired) electrons. The molecule has 8 heteroatoms. The number of anilines is 2. The van der Waals surface area contributed by atoms with Crippen LogP contribution in [0.15, 0.2) is 77.7 Å². The van der Waals surface area contributed by atoms with E-state index in [2.05, 4.69) is 9.62 Å². The minimum atomic E-state index is -3.90. The van der Waals surface area contributed by atoms with Gasteiger partial charge < -0.3 is 14.7 Å². The Morgan fingerprint density at radius 3 is 2.11 bits per heavy atom. The van der Waals surface area contributed by atoms with E-state index in [1.165, 1.54) is 12.1 Å². The Morgan fingerprint density at radius 2 is 1.53 bits per heavy atom. The number of hydrogen-bond donors (Lipinski definition) is 2. The Labute approximate surface area is 211 Å². The topological polar surface area (TPSA) is 95.9 Å². The van der Waals surface area contributed by atoms with Crippen molar-refractivity contribution < 1.29 is 23.1 Å². The molecule has 0 aromatic heterocycles. The number of hydrogen-bond acceptors (Lipinski definition) is 6. The van der Waals surface area contributed by atoms with E-state index in [0.717, 1.165) is 17.8 Å². The van der Waals surface area contributed by atoms with Crippen LogP contribution in [0.25, 0.3) is 0 Å². The van der Waals surface area contributed by atoms with Crippen LogP contribution in [0.4, 0.5) is 11.4 Å². The highest BCUT2D eigenvalue weighted by Crippen LogP contribution is 2.49.